The number of hydrogen-bond acceptors (Lipinski definition) is 5. The standard InChI is InChI=1S/C23H27N3O4/c1-16(23(28)24-19-5-8-21-22(15-19)30-14-13-29-21)25-9-11-26(12-10-25)20-6-3-18(4-7-20)17(2)27/h3-8,15-16H,9-14H2,1-2H3,(H,24,28)/p+1/t16-/m0/s1. The van der Waals surface area contributed by atoms with Crippen molar-refractivity contribution in [1.29, 1.82) is 0 Å². The van der Waals surface area contributed by atoms with Gasteiger partial charge in [0.15, 0.2) is 23.3 Å². The maximum Gasteiger partial charge on any atom is 0.282 e. The fourth-order valence-electron chi connectivity index (χ4n) is 3.95. The molecule has 2 aromatic rings. The molecule has 1 amide bonds. The van der Waals surface area contributed by atoms with Crippen LogP contribution in [-0.4, -0.2) is 57.1 Å². The summed E-state index contributed by atoms with van der Waals surface area (Å²) in [4.78, 5) is 27.8. The first-order chi connectivity index (χ1) is 14.5. The lowest BCUT2D eigenvalue weighted by Crippen LogP contribution is -3.19. The predicted octanol–water partition coefficient (Wildman–Crippen LogP) is 1.39. The molecular formula is C23H28N3O4+. The van der Waals surface area contributed by atoms with Crippen molar-refractivity contribution in [2.24, 2.45) is 0 Å². The second-order valence-corrected chi connectivity index (χ2v) is 7.82. The minimum Gasteiger partial charge on any atom is -0.486 e. The van der Waals surface area contributed by atoms with Gasteiger partial charge in [0, 0.05) is 23.0 Å². The van der Waals surface area contributed by atoms with E-state index in [9.17, 15) is 9.59 Å². The first-order valence-corrected chi connectivity index (χ1v) is 10.4. The highest BCUT2D eigenvalue weighted by molar-refractivity contribution is 5.94. The van der Waals surface area contributed by atoms with E-state index in [1.165, 1.54) is 4.90 Å². The molecule has 30 heavy (non-hydrogen) atoms. The lowest BCUT2D eigenvalue weighted by Gasteiger charge is -2.36. The molecule has 158 valence electrons. The van der Waals surface area contributed by atoms with E-state index in [-0.39, 0.29) is 17.7 Å². The maximum atomic E-state index is 12.8. The van der Waals surface area contributed by atoms with Crippen LogP contribution in [0.1, 0.15) is 24.2 Å². The van der Waals surface area contributed by atoms with Crippen molar-refractivity contribution in [2.45, 2.75) is 19.9 Å². The summed E-state index contributed by atoms with van der Waals surface area (Å²) in [6.07, 6.45) is 0. The van der Waals surface area contributed by atoms with E-state index in [0.717, 1.165) is 43.1 Å². The van der Waals surface area contributed by atoms with E-state index < -0.39 is 0 Å². The summed E-state index contributed by atoms with van der Waals surface area (Å²) in [5.41, 5.74) is 2.57. The maximum absolute atomic E-state index is 12.8. The zero-order valence-corrected chi connectivity index (χ0v) is 17.4. The zero-order chi connectivity index (χ0) is 21.1. The fraction of sp³-hybridized carbons (Fsp3) is 0.391. The molecule has 1 atom stereocenters. The molecule has 0 aromatic heterocycles. The molecule has 0 aliphatic carbocycles. The third-order valence-corrected chi connectivity index (χ3v) is 5.86. The van der Waals surface area contributed by atoms with Crippen molar-refractivity contribution in [3.63, 3.8) is 0 Å². The van der Waals surface area contributed by atoms with Crippen LogP contribution in [0.25, 0.3) is 0 Å². The second-order valence-electron chi connectivity index (χ2n) is 7.82. The number of piperazine rings is 1. The Morgan fingerprint density at radius 2 is 1.67 bits per heavy atom. The third kappa shape index (κ3) is 4.41. The van der Waals surface area contributed by atoms with Crippen molar-refractivity contribution in [2.75, 3.05) is 49.6 Å². The first-order valence-electron chi connectivity index (χ1n) is 10.4. The smallest absolute Gasteiger partial charge is 0.282 e. The molecule has 2 aromatic carbocycles. The van der Waals surface area contributed by atoms with Crippen molar-refractivity contribution in [3.8, 4) is 11.5 Å². The van der Waals surface area contributed by atoms with E-state index in [2.05, 4.69) is 10.2 Å². The van der Waals surface area contributed by atoms with Gasteiger partial charge in [-0.15, -0.1) is 0 Å². The number of Topliss-reactive ketones (excluding diaryl/α,β-unsaturated/α-hetero) is 1. The Balaban J connectivity index is 1.32. The molecule has 1 fully saturated rings. The molecule has 4 rings (SSSR count). The molecule has 2 N–H and O–H groups in total. The third-order valence-electron chi connectivity index (χ3n) is 5.86. The van der Waals surface area contributed by atoms with Gasteiger partial charge in [0.2, 0.25) is 0 Å². The number of ketones is 1. The van der Waals surface area contributed by atoms with E-state index in [4.69, 9.17) is 9.47 Å². The van der Waals surface area contributed by atoms with E-state index in [1.807, 2.05) is 49.4 Å². The van der Waals surface area contributed by atoms with Crippen molar-refractivity contribution >= 4 is 23.1 Å². The highest BCUT2D eigenvalue weighted by atomic mass is 16.6. The Morgan fingerprint density at radius 1 is 1.00 bits per heavy atom. The molecule has 2 aliphatic heterocycles. The molecule has 2 heterocycles. The van der Waals surface area contributed by atoms with Crippen LogP contribution in [-0.2, 0) is 4.79 Å². The zero-order valence-electron chi connectivity index (χ0n) is 17.4. The van der Waals surface area contributed by atoms with Gasteiger partial charge in [-0.05, 0) is 50.2 Å². The molecule has 2 aliphatic rings. The van der Waals surface area contributed by atoms with E-state index >= 15 is 0 Å². The quantitative estimate of drug-likeness (QED) is 0.729. The van der Waals surface area contributed by atoms with Gasteiger partial charge in [-0.1, -0.05) is 0 Å². The summed E-state index contributed by atoms with van der Waals surface area (Å²) in [6, 6.07) is 13.1. The van der Waals surface area contributed by atoms with Crippen LogP contribution in [0.5, 0.6) is 11.5 Å². The topological polar surface area (TPSA) is 72.3 Å². The number of nitrogens with one attached hydrogen (secondary N) is 2. The number of ether oxygens (including phenoxy) is 2. The lowest BCUT2D eigenvalue weighted by atomic mass is 10.1. The molecule has 0 spiro atoms. The Hall–Kier alpha value is -3.06. The van der Waals surface area contributed by atoms with E-state index in [1.54, 1.807) is 6.92 Å². The number of benzene rings is 2. The SMILES string of the molecule is CC(=O)c1ccc(N2CC[NH+]([C@@H](C)C(=O)Nc3ccc4c(c3)OCCO4)CC2)cc1. The van der Waals surface area contributed by atoms with Gasteiger partial charge < -0.3 is 24.6 Å². The molecule has 0 bridgehead atoms. The number of rotatable bonds is 5. The Morgan fingerprint density at radius 3 is 2.33 bits per heavy atom. The number of carbonyl (C=O) groups is 2. The summed E-state index contributed by atoms with van der Waals surface area (Å²) in [6.45, 7) is 8.12. The van der Waals surface area contributed by atoms with E-state index in [0.29, 0.717) is 24.7 Å². The van der Waals surface area contributed by atoms with Crippen LogP contribution in [0.2, 0.25) is 0 Å². The summed E-state index contributed by atoms with van der Waals surface area (Å²) < 4.78 is 11.1. The first kappa shape index (κ1) is 20.2. The fourth-order valence-corrected chi connectivity index (χ4v) is 3.95. The van der Waals surface area contributed by atoms with Crippen molar-refractivity contribution < 1.29 is 24.0 Å². The number of carbonyl (C=O) groups excluding carboxylic acids is 2. The van der Waals surface area contributed by atoms with Crippen LogP contribution in [0.15, 0.2) is 42.5 Å². The number of fused-ring (bicyclic) bond motifs is 1. The van der Waals surface area contributed by atoms with Gasteiger partial charge in [0.05, 0.1) is 26.2 Å². The number of amides is 1. The molecule has 7 heteroatoms. The van der Waals surface area contributed by atoms with Crippen molar-refractivity contribution in [3.05, 3.63) is 48.0 Å². The molecule has 0 saturated carbocycles. The van der Waals surface area contributed by atoms with Gasteiger partial charge in [0.25, 0.3) is 5.91 Å². The molecule has 0 radical (unpaired) electrons. The van der Waals surface area contributed by atoms with Crippen LogP contribution < -0.4 is 24.6 Å². The Kier molecular flexibility index (Phi) is 5.90. The Bertz CT molecular complexity index is 921. The molecular weight excluding hydrogens is 382 g/mol. The molecule has 7 nitrogen and oxygen atoms in total. The van der Waals surface area contributed by atoms with Gasteiger partial charge >= 0.3 is 0 Å². The summed E-state index contributed by atoms with van der Waals surface area (Å²) >= 11 is 0. The predicted molar refractivity (Wildman–Crippen MR) is 115 cm³/mol. The van der Waals surface area contributed by atoms with Crippen LogP contribution in [0, 0.1) is 0 Å². The highest BCUT2D eigenvalue weighted by Crippen LogP contribution is 2.32. The average Bonchev–Trinajstić information content (AvgIpc) is 2.78. The minimum atomic E-state index is -0.152. The van der Waals surface area contributed by atoms with Gasteiger partial charge in [-0.2, -0.15) is 0 Å². The molecule has 0 unspecified atom stereocenters. The number of quaternary nitrogens is 1. The van der Waals surface area contributed by atoms with Crippen molar-refractivity contribution in [1.82, 2.24) is 0 Å². The minimum absolute atomic E-state index is 0.000869. The highest BCUT2D eigenvalue weighted by Gasteiger charge is 2.29. The number of nitrogens with zero attached hydrogens (tertiary/aromatic N) is 1. The van der Waals surface area contributed by atoms with Crippen LogP contribution in [0.3, 0.4) is 0 Å². The van der Waals surface area contributed by atoms with Gasteiger partial charge in [-0.25, -0.2) is 0 Å². The number of anilines is 2. The van der Waals surface area contributed by atoms with Gasteiger partial charge in [-0.3, -0.25) is 9.59 Å². The molecule has 1 saturated heterocycles. The average molecular weight is 410 g/mol. The summed E-state index contributed by atoms with van der Waals surface area (Å²) in [5, 5.41) is 3.01. The van der Waals surface area contributed by atoms with Crippen LogP contribution >= 0.6 is 0 Å². The van der Waals surface area contributed by atoms with Crippen LogP contribution in [0.4, 0.5) is 11.4 Å². The monoisotopic (exact) mass is 410 g/mol. The van der Waals surface area contributed by atoms with Gasteiger partial charge in [0.1, 0.15) is 13.2 Å². The number of hydrogen-bond donors (Lipinski definition) is 2. The Labute approximate surface area is 176 Å². The lowest BCUT2D eigenvalue weighted by molar-refractivity contribution is -0.914. The summed E-state index contributed by atoms with van der Waals surface area (Å²) in [5.74, 6) is 1.46. The summed E-state index contributed by atoms with van der Waals surface area (Å²) in [7, 11) is 0. The second kappa shape index (κ2) is 8.75. The largest absolute Gasteiger partial charge is 0.486 e. The normalized spacial score (nSPS) is 17.3.